The van der Waals surface area contributed by atoms with Crippen LogP contribution in [0, 0.1) is 10.7 Å². The zero-order valence-electron chi connectivity index (χ0n) is 3.93. The van der Waals surface area contributed by atoms with Crippen molar-refractivity contribution < 1.29 is 0 Å². The fourth-order valence-corrected chi connectivity index (χ4v) is 0.316. The highest BCUT2D eigenvalue weighted by Crippen LogP contribution is 2.03. The number of nitrogens with zero attached hydrogens (tertiary/aromatic N) is 1. The van der Waals surface area contributed by atoms with Gasteiger partial charge in [-0.15, -0.1) is 0 Å². The first-order chi connectivity index (χ1) is 2.77. The molecule has 0 aliphatic carbocycles. The van der Waals surface area contributed by atoms with E-state index in [-0.39, 0.29) is 0 Å². The molecule has 0 rings (SSSR count). The molecule has 0 atom stereocenters. The first-order valence-corrected chi connectivity index (χ1v) is 2.70. The second-order valence-electron chi connectivity index (χ2n) is 1.26. The van der Waals surface area contributed by atoms with Crippen molar-refractivity contribution in [2.45, 2.75) is 19.1 Å². The molecule has 34 valence electrons. The summed E-state index contributed by atoms with van der Waals surface area (Å²) in [5.74, 6) is 0. The third kappa shape index (κ3) is 3.84. The van der Waals surface area contributed by atoms with Gasteiger partial charge in [0, 0.05) is 5.25 Å². The molecular weight excluding hydrogens is 93.1 g/mol. The first kappa shape index (κ1) is 5.84. The van der Waals surface area contributed by atoms with Gasteiger partial charge in [-0.2, -0.15) is 5.26 Å². The first-order valence-electron chi connectivity index (χ1n) is 1.82. The molecule has 0 saturated carbocycles. The fraction of sp³-hybridized carbons (Fsp3) is 0.750. The number of rotatable bonds is 1. The van der Waals surface area contributed by atoms with Crippen LogP contribution in [0.5, 0.6) is 0 Å². The largest absolute Gasteiger partial charge is 0.185 e. The Labute approximate surface area is 42.3 Å². The minimum Gasteiger partial charge on any atom is -0.185 e. The van der Waals surface area contributed by atoms with E-state index >= 15 is 0 Å². The molecule has 0 amide bonds. The third-order valence-electron chi connectivity index (χ3n) is 0.288. The Hall–Kier alpha value is -0.160. The molecule has 0 heterocycles. The lowest BCUT2D eigenvalue weighted by Crippen LogP contribution is -1.79. The van der Waals surface area contributed by atoms with Crippen LogP contribution < -0.4 is 0 Å². The smallest absolute Gasteiger partial charge is 0.133 e. The summed E-state index contributed by atoms with van der Waals surface area (Å²) in [4.78, 5) is 0. The average molecular weight is 100 g/mol. The summed E-state index contributed by atoms with van der Waals surface area (Å²) >= 11 is 1.29. The van der Waals surface area contributed by atoms with Crippen molar-refractivity contribution >= 4 is 11.8 Å². The molecule has 0 aromatic heterocycles. The van der Waals surface area contributed by atoms with E-state index in [4.69, 9.17) is 5.26 Å². The maximum absolute atomic E-state index is 7.95. The van der Waals surface area contributed by atoms with Crippen molar-refractivity contribution in [3.8, 4) is 5.40 Å². The molecule has 0 aromatic carbocycles. The van der Waals surface area contributed by atoms with Crippen molar-refractivity contribution in [2.75, 3.05) is 0 Å². The molecule has 6 heavy (non-hydrogen) atoms. The van der Waals surface area contributed by atoms with Crippen LogP contribution in [-0.4, -0.2) is 5.25 Å². The lowest BCUT2D eigenvalue weighted by Gasteiger charge is -1.87. The number of hydrogen-bond donors (Lipinski definition) is 0. The predicted molar refractivity (Wildman–Crippen MR) is 28.3 cm³/mol. The van der Waals surface area contributed by atoms with Crippen LogP contribution in [-0.2, 0) is 0 Å². The van der Waals surface area contributed by atoms with Crippen molar-refractivity contribution in [2.24, 2.45) is 0 Å². The van der Waals surface area contributed by atoms with Crippen molar-refractivity contribution in [1.29, 1.82) is 5.26 Å². The quantitative estimate of drug-likeness (QED) is 0.467. The SMILES string of the molecule is CC(C)S[11C]#N. The van der Waals surface area contributed by atoms with Gasteiger partial charge in [0.25, 0.3) is 0 Å². The summed E-state index contributed by atoms with van der Waals surface area (Å²) in [7, 11) is 0. The van der Waals surface area contributed by atoms with E-state index in [0.717, 1.165) is 0 Å². The van der Waals surface area contributed by atoms with E-state index in [2.05, 4.69) is 0 Å². The van der Waals surface area contributed by atoms with Gasteiger partial charge in [-0.05, 0) is 11.8 Å². The van der Waals surface area contributed by atoms with Crippen molar-refractivity contribution in [3.05, 3.63) is 0 Å². The lowest BCUT2D eigenvalue weighted by atomic mass is 10.6. The van der Waals surface area contributed by atoms with Crippen molar-refractivity contribution in [3.63, 3.8) is 0 Å². The molecule has 0 spiro atoms. The molecule has 1 nitrogen and oxygen atoms in total. The van der Waals surface area contributed by atoms with Gasteiger partial charge in [-0.1, -0.05) is 13.8 Å². The van der Waals surface area contributed by atoms with E-state index in [1.54, 1.807) is 0 Å². The van der Waals surface area contributed by atoms with E-state index in [1.807, 2.05) is 19.2 Å². The van der Waals surface area contributed by atoms with Gasteiger partial charge in [-0.25, -0.2) is 0 Å². The standard InChI is InChI=1S/C4H7NS/c1-4(2)6-3-5/h4H,1-2H3/i3-1. The van der Waals surface area contributed by atoms with Gasteiger partial charge in [0.1, 0.15) is 5.40 Å². The summed E-state index contributed by atoms with van der Waals surface area (Å²) in [5.41, 5.74) is 0. The van der Waals surface area contributed by atoms with Crippen LogP contribution in [0.4, 0.5) is 0 Å². The monoisotopic (exact) mass is 100 g/mol. The van der Waals surface area contributed by atoms with E-state index < -0.39 is 0 Å². The van der Waals surface area contributed by atoms with Gasteiger partial charge in [0.15, 0.2) is 0 Å². The number of thiocyanates is 1. The molecule has 0 unspecified atom stereocenters. The molecular formula is C4H7NS. The number of hydrogen-bond acceptors (Lipinski definition) is 2. The van der Waals surface area contributed by atoms with Gasteiger partial charge >= 0.3 is 0 Å². The van der Waals surface area contributed by atoms with Crippen molar-refractivity contribution in [1.82, 2.24) is 0 Å². The summed E-state index contributed by atoms with van der Waals surface area (Å²) in [6, 6.07) is 0. The Balaban J connectivity index is 2.88. The van der Waals surface area contributed by atoms with Gasteiger partial charge in [0.2, 0.25) is 0 Å². The highest BCUT2D eigenvalue weighted by Gasteiger charge is 1.86. The van der Waals surface area contributed by atoms with Gasteiger partial charge in [0.05, 0.1) is 0 Å². The lowest BCUT2D eigenvalue weighted by molar-refractivity contribution is 1.12. The zero-order valence-corrected chi connectivity index (χ0v) is 4.75. The molecule has 0 aliphatic rings. The van der Waals surface area contributed by atoms with E-state index in [9.17, 15) is 0 Å². The van der Waals surface area contributed by atoms with Crippen LogP contribution in [0.25, 0.3) is 0 Å². The molecule has 0 bridgehead atoms. The molecule has 0 N–H and O–H groups in total. The maximum Gasteiger partial charge on any atom is 0.133 e. The van der Waals surface area contributed by atoms with Gasteiger partial charge < -0.3 is 0 Å². The van der Waals surface area contributed by atoms with Gasteiger partial charge in [-0.3, -0.25) is 0 Å². The minimum absolute atomic E-state index is 0.454. The fourth-order valence-electron chi connectivity index (χ4n) is 0.105. The second-order valence-corrected chi connectivity index (χ2v) is 2.62. The highest BCUT2D eigenvalue weighted by atomic mass is 32.2. The second kappa shape index (κ2) is 3.05. The Morgan fingerprint density at radius 2 is 2.17 bits per heavy atom. The topological polar surface area (TPSA) is 23.8 Å². The number of thioether (sulfide) groups is 1. The Morgan fingerprint density at radius 1 is 1.67 bits per heavy atom. The minimum atomic E-state index is 0.454. The van der Waals surface area contributed by atoms with Crippen LogP contribution in [0.3, 0.4) is 0 Å². The highest BCUT2D eigenvalue weighted by molar-refractivity contribution is 8.04. The van der Waals surface area contributed by atoms with E-state index in [1.165, 1.54) is 11.8 Å². The molecule has 0 aromatic rings. The predicted octanol–water partition coefficient (Wildman–Crippen LogP) is 1.61. The average Bonchev–Trinajstić information content (AvgIpc) is 1.35. The number of nitriles is 1. The molecule has 0 fully saturated rings. The van der Waals surface area contributed by atoms with Crippen LogP contribution in [0.15, 0.2) is 0 Å². The zero-order chi connectivity index (χ0) is 4.99. The normalized spacial score (nSPS) is 8.33. The molecule has 0 saturated heterocycles. The molecule has 0 radical (unpaired) electrons. The van der Waals surface area contributed by atoms with Crippen LogP contribution >= 0.6 is 11.8 Å². The summed E-state index contributed by atoms with van der Waals surface area (Å²) in [6.45, 7) is 3.99. The van der Waals surface area contributed by atoms with Crippen LogP contribution in [0.2, 0.25) is 0 Å². The summed E-state index contributed by atoms with van der Waals surface area (Å²) in [6.07, 6.45) is 0. The van der Waals surface area contributed by atoms with Crippen LogP contribution in [0.1, 0.15) is 13.8 Å². The Kier molecular flexibility index (Phi) is 2.97. The molecule has 2 heteroatoms. The third-order valence-corrected chi connectivity index (χ3v) is 0.865. The summed E-state index contributed by atoms with van der Waals surface area (Å²) in [5, 5.41) is 10.4. The van der Waals surface area contributed by atoms with E-state index in [0.29, 0.717) is 5.25 Å². The molecule has 0 aliphatic heterocycles. The maximum atomic E-state index is 7.95. The summed E-state index contributed by atoms with van der Waals surface area (Å²) < 4.78 is 0. The Bertz CT molecular complexity index is 62.4. The Morgan fingerprint density at radius 3 is 2.17 bits per heavy atom.